The van der Waals surface area contributed by atoms with Gasteiger partial charge in [0.05, 0.1) is 12.1 Å². The van der Waals surface area contributed by atoms with Gasteiger partial charge in [-0.15, -0.1) is 0 Å². The van der Waals surface area contributed by atoms with Crippen molar-refractivity contribution >= 4 is 5.91 Å². The molecule has 0 unspecified atom stereocenters. The molecular weight excluding hydrogens is 264 g/mol. The van der Waals surface area contributed by atoms with Gasteiger partial charge in [-0.1, -0.05) is 27.2 Å². The Morgan fingerprint density at radius 1 is 1.48 bits per heavy atom. The average molecular weight is 294 g/mol. The van der Waals surface area contributed by atoms with E-state index in [1.807, 2.05) is 7.05 Å². The maximum absolute atomic E-state index is 12.3. The van der Waals surface area contributed by atoms with Gasteiger partial charge < -0.3 is 16.0 Å². The zero-order valence-corrected chi connectivity index (χ0v) is 13.9. The van der Waals surface area contributed by atoms with E-state index in [1.165, 1.54) is 0 Å². The van der Waals surface area contributed by atoms with Crippen LogP contribution < -0.4 is 11.1 Å². The quantitative estimate of drug-likeness (QED) is 0.780. The Morgan fingerprint density at radius 3 is 2.52 bits per heavy atom. The predicted octanol–water partition coefficient (Wildman–Crippen LogP) is 1.63. The molecule has 1 fully saturated rings. The molecule has 1 rings (SSSR count). The average Bonchev–Trinajstić information content (AvgIpc) is 2.47. The van der Waals surface area contributed by atoms with Gasteiger partial charge in [-0.2, -0.15) is 5.26 Å². The summed E-state index contributed by atoms with van der Waals surface area (Å²) < 4.78 is 0. The smallest absolute Gasteiger partial charge is 0.238 e. The molecule has 1 atom stereocenters. The van der Waals surface area contributed by atoms with Crippen molar-refractivity contribution in [2.75, 3.05) is 20.1 Å². The highest BCUT2D eigenvalue weighted by atomic mass is 16.2. The van der Waals surface area contributed by atoms with Crippen LogP contribution in [-0.2, 0) is 4.79 Å². The number of nitrogens with two attached hydrogens (primary N) is 1. The maximum Gasteiger partial charge on any atom is 0.238 e. The van der Waals surface area contributed by atoms with Gasteiger partial charge in [0.2, 0.25) is 5.91 Å². The SMILES string of the molecule is CCC(C)(C)CC[C@H](N)C(=O)NC1(C#N)CCN(C)CC1. The molecule has 120 valence electrons. The van der Waals surface area contributed by atoms with Crippen LogP contribution in [-0.4, -0.2) is 42.5 Å². The second kappa shape index (κ2) is 7.24. The second-order valence-electron chi connectivity index (χ2n) is 7.15. The van der Waals surface area contributed by atoms with E-state index in [-0.39, 0.29) is 11.3 Å². The number of nitriles is 1. The second-order valence-corrected chi connectivity index (χ2v) is 7.15. The molecule has 1 heterocycles. The summed E-state index contributed by atoms with van der Waals surface area (Å²) in [6.07, 6.45) is 3.97. The van der Waals surface area contributed by atoms with E-state index in [9.17, 15) is 10.1 Å². The molecule has 5 nitrogen and oxygen atoms in total. The van der Waals surface area contributed by atoms with Gasteiger partial charge in [0.1, 0.15) is 5.54 Å². The number of likely N-dealkylation sites (tertiary alicyclic amines) is 1. The van der Waals surface area contributed by atoms with E-state index in [4.69, 9.17) is 5.73 Å². The maximum atomic E-state index is 12.3. The van der Waals surface area contributed by atoms with E-state index < -0.39 is 11.6 Å². The van der Waals surface area contributed by atoms with Crippen molar-refractivity contribution in [3.05, 3.63) is 0 Å². The molecule has 0 aromatic carbocycles. The molecule has 0 saturated carbocycles. The number of carbonyl (C=O) groups excluding carboxylic acids is 1. The number of piperidine rings is 1. The summed E-state index contributed by atoms with van der Waals surface area (Å²) in [5.41, 5.74) is 5.48. The Labute approximate surface area is 128 Å². The number of rotatable bonds is 6. The fourth-order valence-corrected chi connectivity index (χ4v) is 2.45. The number of nitrogens with one attached hydrogen (secondary N) is 1. The molecule has 0 radical (unpaired) electrons. The monoisotopic (exact) mass is 294 g/mol. The topological polar surface area (TPSA) is 82.1 Å². The van der Waals surface area contributed by atoms with Gasteiger partial charge in [-0.3, -0.25) is 4.79 Å². The lowest BCUT2D eigenvalue weighted by atomic mass is 9.83. The standard InChI is InChI=1S/C16H30N4O/c1-5-15(2,3)7-6-13(18)14(21)19-16(12-17)8-10-20(4)11-9-16/h13H,5-11,18H2,1-4H3,(H,19,21)/t13-/m0/s1. The van der Waals surface area contributed by atoms with Crippen LogP contribution in [0.3, 0.4) is 0 Å². The lowest BCUT2D eigenvalue weighted by Gasteiger charge is -2.36. The van der Waals surface area contributed by atoms with E-state index in [0.717, 1.165) is 25.9 Å². The van der Waals surface area contributed by atoms with Crippen molar-refractivity contribution in [1.82, 2.24) is 10.2 Å². The van der Waals surface area contributed by atoms with Gasteiger partial charge in [-0.25, -0.2) is 0 Å². The Hall–Kier alpha value is -1.12. The summed E-state index contributed by atoms with van der Waals surface area (Å²) in [6, 6.07) is 1.77. The first-order valence-electron chi connectivity index (χ1n) is 7.91. The van der Waals surface area contributed by atoms with E-state index >= 15 is 0 Å². The minimum Gasteiger partial charge on any atom is -0.336 e. The molecule has 1 amide bonds. The molecule has 5 heteroatoms. The molecule has 0 aliphatic carbocycles. The third-order valence-electron chi connectivity index (χ3n) is 4.84. The number of hydrogen-bond acceptors (Lipinski definition) is 4. The zero-order valence-electron chi connectivity index (χ0n) is 13.9. The highest BCUT2D eigenvalue weighted by molar-refractivity contribution is 5.82. The summed E-state index contributed by atoms with van der Waals surface area (Å²) in [4.78, 5) is 14.4. The third kappa shape index (κ3) is 5.29. The first kappa shape index (κ1) is 17.9. The lowest BCUT2D eigenvalue weighted by molar-refractivity contribution is -0.124. The van der Waals surface area contributed by atoms with Crippen molar-refractivity contribution in [3.63, 3.8) is 0 Å². The summed E-state index contributed by atoms with van der Waals surface area (Å²) in [5, 5.41) is 12.3. The van der Waals surface area contributed by atoms with Crippen LogP contribution in [0.1, 0.15) is 52.9 Å². The molecule has 1 aliphatic heterocycles. The highest BCUT2D eigenvalue weighted by Gasteiger charge is 2.36. The van der Waals surface area contributed by atoms with Crippen LogP contribution in [0.4, 0.5) is 0 Å². The normalized spacial score (nSPS) is 20.6. The molecule has 0 aromatic heterocycles. The Balaban J connectivity index is 2.53. The molecule has 0 spiro atoms. The molecule has 0 bridgehead atoms. The van der Waals surface area contributed by atoms with Gasteiger partial charge >= 0.3 is 0 Å². The summed E-state index contributed by atoms with van der Waals surface area (Å²) in [6.45, 7) is 8.17. The largest absolute Gasteiger partial charge is 0.336 e. The number of carbonyl (C=O) groups is 1. The van der Waals surface area contributed by atoms with Crippen LogP contribution >= 0.6 is 0 Å². The van der Waals surface area contributed by atoms with Crippen molar-refractivity contribution in [1.29, 1.82) is 5.26 Å². The Bertz CT molecular complexity index is 392. The minimum atomic E-state index is -0.735. The number of amides is 1. The van der Waals surface area contributed by atoms with Gasteiger partial charge in [0.15, 0.2) is 0 Å². The first-order valence-corrected chi connectivity index (χ1v) is 7.91. The van der Waals surface area contributed by atoms with Crippen LogP contribution in [0, 0.1) is 16.7 Å². The van der Waals surface area contributed by atoms with Crippen molar-refractivity contribution in [2.24, 2.45) is 11.1 Å². The first-order chi connectivity index (χ1) is 9.73. The summed E-state index contributed by atoms with van der Waals surface area (Å²) >= 11 is 0. The van der Waals surface area contributed by atoms with Gasteiger partial charge in [0, 0.05) is 13.1 Å². The number of hydrogen-bond donors (Lipinski definition) is 2. The minimum absolute atomic E-state index is 0.187. The Kier molecular flexibility index (Phi) is 6.18. The van der Waals surface area contributed by atoms with Crippen LogP contribution in [0.5, 0.6) is 0 Å². The van der Waals surface area contributed by atoms with Crippen LogP contribution in [0.15, 0.2) is 0 Å². The van der Waals surface area contributed by atoms with Crippen LogP contribution in [0.2, 0.25) is 0 Å². The molecule has 3 N–H and O–H groups in total. The Morgan fingerprint density at radius 2 is 2.05 bits per heavy atom. The van der Waals surface area contributed by atoms with E-state index in [0.29, 0.717) is 19.3 Å². The van der Waals surface area contributed by atoms with Crippen molar-refractivity contribution in [2.45, 2.75) is 64.5 Å². The van der Waals surface area contributed by atoms with Crippen molar-refractivity contribution < 1.29 is 4.79 Å². The molecular formula is C16H30N4O. The fraction of sp³-hybridized carbons (Fsp3) is 0.875. The third-order valence-corrected chi connectivity index (χ3v) is 4.84. The van der Waals surface area contributed by atoms with Crippen LogP contribution in [0.25, 0.3) is 0 Å². The van der Waals surface area contributed by atoms with E-state index in [1.54, 1.807) is 0 Å². The summed E-state index contributed by atoms with van der Waals surface area (Å²) in [5.74, 6) is -0.187. The lowest BCUT2D eigenvalue weighted by Crippen LogP contribution is -2.57. The van der Waals surface area contributed by atoms with E-state index in [2.05, 4.69) is 37.1 Å². The highest BCUT2D eigenvalue weighted by Crippen LogP contribution is 2.27. The fourth-order valence-electron chi connectivity index (χ4n) is 2.45. The van der Waals surface area contributed by atoms with Gasteiger partial charge in [-0.05, 0) is 38.1 Å². The molecule has 0 aromatic rings. The molecule has 1 saturated heterocycles. The zero-order chi connectivity index (χ0) is 16.1. The predicted molar refractivity (Wildman–Crippen MR) is 84.5 cm³/mol. The van der Waals surface area contributed by atoms with Crippen molar-refractivity contribution in [3.8, 4) is 6.07 Å². The summed E-state index contributed by atoms with van der Waals surface area (Å²) in [7, 11) is 2.03. The molecule has 21 heavy (non-hydrogen) atoms. The molecule has 1 aliphatic rings. The van der Waals surface area contributed by atoms with Gasteiger partial charge in [0.25, 0.3) is 0 Å². The number of nitrogens with zero attached hydrogens (tertiary/aromatic N) is 2.